The summed E-state index contributed by atoms with van der Waals surface area (Å²) in [5.41, 5.74) is 3.51. The van der Waals surface area contributed by atoms with Crippen molar-refractivity contribution in [2.45, 2.75) is 71.0 Å². The summed E-state index contributed by atoms with van der Waals surface area (Å²) < 4.78 is 2.08. The summed E-state index contributed by atoms with van der Waals surface area (Å²) in [6.45, 7) is 14.4. The fourth-order valence-electron chi connectivity index (χ4n) is 3.06. The van der Waals surface area contributed by atoms with Gasteiger partial charge in [0.05, 0.1) is 10.9 Å². The van der Waals surface area contributed by atoms with Crippen LogP contribution in [0, 0.1) is 13.8 Å². The first-order chi connectivity index (χ1) is 11.7. The Morgan fingerprint density at radius 1 is 1.12 bits per heavy atom. The highest BCUT2D eigenvalue weighted by Gasteiger charge is 2.27. The molecule has 0 aliphatic heterocycles. The van der Waals surface area contributed by atoms with Gasteiger partial charge in [-0.05, 0) is 65.7 Å². The van der Waals surface area contributed by atoms with E-state index < -0.39 is 0 Å². The van der Waals surface area contributed by atoms with E-state index in [1.807, 2.05) is 18.0 Å². The van der Waals surface area contributed by atoms with E-state index in [0.717, 1.165) is 10.8 Å². The molecule has 0 saturated carbocycles. The van der Waals surface area contributed by atoms with Gasteiger partial charge in [-0.1, -0.05) is 23.9 Å². The number of carbonyl (C=O) groups is 1. The Bertz CT molecular complexity index is 728. The van der Waals surface area contributed by atoms with Gasteiger partial charge in [-0.15, -0.1) is 0 Å². The highest BCUT2D eigenvalue weighted by atomic mass is 32.2. The van der Waals surface area contributed by atoms with Crippen LogP contribution in [0.4, 0.5) is 0 Å². The van der Waals surface area contributed by atoms with Crippen molar-refractivity contribution < 1.29 is 4.79 Å². The van der Waals surface area contributed by atoms with Crippen molar-refractivity contribution in [1.29, 1.82) is 0 Å². The van der Waals surface area contributed by atoms with Crippen LogP contribution in [0.3, 0.4) is 0 Å². The molecule has 4 nitrogen and oxygen atoms in total. The van der Waals surface area contributed by atoms with E-state index >= 15 is 0 Å². The molecule has 1 heterocycles. The van der Waals surface area contributed by atoms with Crippen LogP contribution in [0.1, 0.15) is 45.7 Å². The minimum Gasteiger partial charge on any atom is -0.337 e. The van der Waals surface area contributed by atoms with Gasteiger partial charge in [0.1, 0.15) is 0 Å². The number of benzene rings is 1. The highest BCUT2D eigenvalue weighted by molar-refractivity contribution is 8.00. The van der Waals surface area contributed by atoms with E-state index in [1.165, 1.54) is 22.9 Å². The Labute approximate surface area is 155 Å². The summed E-state index contributed by atoms with van der Waals surface area (Å²) in [4.78, 5) is 19.3. The SMILES string of the molecule is Cc1ccc(C)c(-n2ccnc2SC(C)C(=O)N(C(C)C)C(C)C)c1. The molecule has 1 aromatic carbocycles. The third-order valence-corrected chi connectivity index (χ3v) is 5.30. The summed E-state index contributed by atoms with van der Waals surface area (Å²) in [6.07, 6.45) is 3.76. The zero-order chi connectivity index (χ0) is 18.7. The second kappa shape index (κ2) is 8.09. The summed E-state index contributed by atoms with van der Waals surface area (Å²) >= 11 is 1.52. The molecule has 136 valence electrons. The van der Waals surface area contributed by atoms with E-state index in [0.29, 0.717) is 0 Å². The first kappa shape index (κ1) is 19.6. The van der Waals surface area contributed by atoms with E-state index in [1.54, 1.807) is 6.20 Å². The van der Waals surface area contributed by atoms with Crippen molar-refractivity contribution in [2.75, 3.05) is 0 Å². The number of amides is 1. The number of nitrogens with zero attached hydrogens (tertiary/aromatic N) is 3. The maximum absolute atomic E-state index is 12.9. The molecule has 1 unspecified atom stereocenters. The monoisotopic (exact) mass is 359 g/mol. The molecule has 1 amide bonds. The fourth-order valence-corrected chi connectivity index (χ4v) is 4.00. The molecule has 0 aliphatic carbocycles. The lowest BCUT2D eigenvalue weighted by atomic mass is 10.1. The molecule has 0 fully saturated rings. The molecule has 0 N–H and O–H groups in total. The standard InChI is InChI=1S/C20H29N3OS/c1-13(2)23(14(3)4)19(24)17(7)25-20-21-10-11-22(20)18-12-15(5)8-9-16(18)6/h8-14,17H,1-7H3. The number of imidazole rings is 1. The lowest BCUT2D eigenvalue weighted by Crippen LogP contribution is -2.45. The molecule has 25 heavy (non-hydrogen) atoms. The molecule has 0 radical (unpaired) electrons. The number of rotatable bonds is 6. The third kappa shape index (κ3) is 4.46. The largest absolute Gasteiger partial charge is 0.337 e. The molecule has 5 heteroatoms. The van der Waals surface area contributed by atoms with Gasteiger partial charge in [0.2, 0.25) is 5.91 Å². The zero-order valence-electron chi connectivity index (χ0n) is 16.3. The van der Waals surface area contributed by atoms with Gasteiger partial charge in [0.25, 0.3) is 0 Å². The number of hydrogen-bond donors (Lipinski definition) is 0. The molecule has 2 aromatic rings. The zero-order valence-corrected chi connectivity index (χ0v) is 17.1. The number of aryl methyl sites for hydroxylation is 2. The minimum atomic E-state index is -0.184. The van der Waals surface area contributed by atoms with Crippen LogP contribution in [0.25, 0.3) is 5.69 Å². The first-order valence-electron chi connectivity index (χ1n) is 8.82. The molecule has 0 aliphatic rings. The maximum Gasteiger partial charge on any atom is 0.236 e. The molecular formula is C20H29N3OS. The minimum absolute atomic E-state index is 0.158. The lowest BCUT2D eigenvalue weighted by molar-refractivity contribution is -0.133. The van der Waals surface area contributed by atoms with Crippen LogP contribution in [0.5, 0.6) is 0 Å². The molecule has 1 atom stereocenters. The third-order valence-electron chi connectivity index (χ3n) is 4.23. The Kier molecular flexibility index (Phi) is 6.33. The topological polar surface area (TPSA) is 38.1 Å². The highest BCUT2D eigenvalue weighted by Crippen LogP contribution is 2.28. The van der Waals surface area contributed by atoms with Crippen LogP contribution in [0.15, 0.2) is 35.7 Å². The Hall–Kier alpha value is -1.75. The molecule has 1 aromatic heterocycles. The van der Waals surface area contributed by atoms with E-state index in [2.05, 4.69) is 69.3 Å². The van der Waals surface area contributed by atoms with Gasteiger partial charge >= 0.3 is 0 Å². The van der Waals surface area contributed by atoms with Gasteiger partial charge in [0, 0.05) is 24.5 Å². The number of thioether (sulfide) groups is 1. The van der Waals surface area contributed by atoms with Crippen molar-refractivity contribution in [3.8, 4) is 5.69 Å². The predicted octanol–water partition coefficient (Wildman–Crippen LogP) is 4.62. The molecule has 0 saturated heterocycles. The van der Waals surface area contributed by atoms with Crippen molar-refractivity contribution in [1.82, 2.24) is 14.5 Å². The normalized spacial score (nSPS) is 12.7. The maximum atomic E-state index is 12.9. The first-order valence-corrected chi connectivity index (χ1v) is 9.70. The number of aromatic nitrogens is 2. The van der Waals surface area contributed by atoms with Crippen LogP contribution in [-0.2, 0) is 4.79 Å². The Morgan fingerprint density at radius 2 is 1.76 bits per heavy atom. The van der Waals surface area contributed by atoms with E-state index in [4.69, 9.17) is 0 Å². The van der Waals surface area contributed by atoms with E-state index in [-0.39, 0.29) is 23.2 Å². The summed E-state index contributed by atoms with van der Waals surface area (Å²) in [5, 5.41) is 0.665. The van der Waals surface area contributed by atoms with Crippen molar-refractivity contribution >= 4 is 17.7 Å². The van der Waals surface area contributed by atoms with Gasteiger partial charge in [-0.2, -0.15) is 0 Å². The van der Waals surface area contributed by atoms with E-state index in [9.17, 15) is 4.79 Å². The average molecular weight is 360 g/mol. The molecular weight excluding hydrogens is 330 g/mol. The number of carbonyl (C=O) groups excluding carboxylic acids is 1. The second-order valence-electron chi connectivity index (χ2n) is 7.06. The van der Waals surface area contributed by atoms with Crippen LogP contribution in [-0.4, -0.2) is 37.7 Å². The van der Waals surface area contributed by atoms with Crippen molar-refractivity contribution in [3.05, 3.63) is 41.7 Å². The average Bonchev–Trinajstić information content (AvgIpc) is 2.96. The summed E-state index contributed by atoms with van der Waals surface area (Å²) in [5.74, 6) is 0.158. The Morgan fingerprint density at radius 3 is 2.36 bits per heavy atom. The quantitative estimate of drug-likeness (QED) is 0.707. The predicted molar refractivity (Wildman–Crippen MR) is 105 cm³/mol. The van der Waals surface area contributed by atoms with Gasteiger partial charge in [-0.25, -0.2) is 4.98 Å². The van der Waals surface area contributed by atoms with Crippen LogP contribution in [0.2, 0.25) is 0 Å². The lowest BCUT2D eigenvalue weighted by Gasteiger charge is -2.32. The van der Waals surface area contributed by atoms with Gasteiger partial charge < -0.3 is 4.90 Å². The van der Waals surface area contributed by atoms with Crippen molar-refractivity contribution in [2.24, 2.45) is 0 Å². The smallest absolute Gasteiger partial charge is 0.236 e. The fraction of sp³-hybridized carbons (Fsp3) is 0.500. The number of hydrogen-bond acceptors (Lipinski definition) is 3. The van der Waals surface area contributed by atoms with Crippen molar-refractivity contribution in [3.63, 3.8) is 0 Å². The second-order valence-corrected chi connectivity index (χ2v) is 8.37. The summed E-state index contributed by atoms with van der Waals surface area (Å²) in [7, 11) is 0. The Balaban J connectivity index is 2.26. The van der Waals surface area contributed by atoms with Gasteiger partial charge in [-0.3, -0.25) is 9.36 Å². The van der Waals surface area contributed by atoms with Crippen LogP contribution >= 0.6 is 11.8 Å². The van der Waals surface area contributed by atoms with Gasteiger partial charge in [0.15, 0.2) is 5.16 Å². The molecule has 2 rings (SSSR count). The summed E-state index contributed by atoms with van der Waals surface area (Å²) in [6, 6.07) is 6.76. The molecule has 0 spiro atoms. The van der Waals surface area contributed by atoms with Crippen LogP contribution < -0.4 is 0 Å². The molecule has 0 bridgehead atoms.